The summed E-state index contributed by atoms with van der Waals surface area (Å²) in [5, 5.41) is 11.2. The Kier molecular flexibility index (Phi) is 4.63. The molecule has 4 rings (SSSR count). The molecule has 0 N–H and O–H groups in total. The van der Waals surface area contributed by atoms with Gasteiger partial charge in [-0.25, -0.2) is 4.99 Å². The average Bonchev–Trinajstić information content (AvgIpc) is 2.86. The molecule has 1 aliphatic heterocycles. The zero-order chi connectivity index (χ0) is 19.5. The summed E-state index contributed by atoms with van der Waals surface area (Å²) >= 11 is 0. The molecule has 1 amide bonds. The molecule has 1 aromatic heterocycles. The highest BCUT2D eigenvalue weighted by Gasteiger charge is 2.26. The molecule has 28 heavy (non-hydrogen) atoms. The van der Waals surface area contributed by atoms with Crippen molar-refractivity contribution in [1.82, 2.24) is 4.98 Å². The molecule has 2 heterocycles. The lowest BCUT2D eigenvalue weighted by Gasteiger charge is -2.22. The van der Waals surface area contributed by atoms with Gasteiger partial charge < -0.3 is 4.90 Å². The molecule has 0 radical (unpaired) electrons. The summed E-state index contributed by atoms with van der Waals surface area (Å²) in [6.07, 6.45) is 3.35. The zero-order valence-electron chi connectivity index (χ0n) is 14.9. The number of fused-ring (bicyclic) bond motifs is 1. The SMILES string of the molecule is O=C1CC(c2ccncc2)=Nc2cc([N+](=O)[O-])ccc2N1Cc1ccccc1. The third kappa shape index (κ3) is 3.50. The van der Waals surface area contributed by atoms with Gasteiger partial charge in [0.15, 0.2) is 0 Å². The maximum Gasteiger partial charge on any atom is 0.271 e. The Bertz CT molecular complexity index is 1070. The Morgan fingerprint density at radius 3 is 2.50 bits per heavy atom. The number of non-ortho nitro benzene ring substituents is 1. The number of rotatable bonds is 4. The van der Waals surface area contributed by atoms with E-state index < -0.39 is 4.92 Å². The second-order valence-electron chi connectivity index (χ2n) is 6.37. The fraction of sp³-hybridized carbons (Fsp3) is 0.0952. The van der Waals surface area contributed by atoms with E-state index in [1.807, 2.05) is 30.3 Å². The molecule has 0 fully saturated rings. The van der Waals surface area contributed by atoms with E-state index in [-0.39, 0.29) is 18.0 Å². The predicted octanol–water partition coefficient (Wildman–Crippen LogP) is 4.05. The van der Waals surface area contributed by atoms with Crippen molar-refractivity contribution in [1.29, 1.82) is 0 Å². The molecular formula is C21H16N4O3. The van der Waals surface area contributed by atoms with Gasteiger partial charge in [0.05, 0.1) is 35.0 Å². The summed E-state index contributed by atoms with van der Waals surface area (Å²) in [4.78, 5) is 34.1. The number of carbonyl (C=O) groups excluding carboxylic acids is 1. The second kappa shape index (κ2) is 7.40. The number of benzene rings is 2. The summed E-state index contributed by atoms with van der Waals surface area (Å²) in [6.45, 7) is 0.365. The molecule has 7 heteroatoms. The van der Waals surface area contributed by atoms with Gasteiger partial charge in [0.2, 0.25) is 5.91 Å². The summed E-state index contributed by atoms with van der Waals surface area (Å²) in [6, 6.07) is 17.6. The highest BCUT2D eigenvalue weighted by molar-refractivity contribution is 6.17. The molecule has 138 valence electrons. The Morgan fingerprint density at radius 1 is 1.04 bits per heavy atom. The maximum atomic E-state index is 13.1. The summed E-state index contributed by atoms with van der Waals surface area (Å²) < 4.78 is 0. The van der Waals surface area contributed by atoms with Crippen LogP contribution in [0, 0.1) is 10.1 Å². The molecule has 0 saturated carbocycles. The van der Waals surface area contributed by atoms with Crippen LogP contribution in [0.15, 0.2) is 78.0 Å². The number of nitro benzene ring substituents is 1. The fourth-order valence-corrected chi connectivity index (χ4v) is 3.15. The molecule has 0 aliphatic carbocycles. The van der Waals surface area contributed by atoms with Gasteiger partial charge in [-0.15, -0.1) is 0 Å². The molecule has 0 spiro atoms. The van der Waals surface area contributed by atoms with Crippen LogP contribution in [-0.2, 0) is 11.3 Å². The molecule has 2 aromatic carbocycles. The van der Waals surface area contributed by atoms with Crippen molar-refractivity contribution in [2.45, 2.75) is 13.0 Å². The number of nitrogens with zero attached hydrogens (tertiary/aromatic N) is 4. The number of aliphatic imine (C=N–C) groups is 1. The first kappa shape index (κ1) is 17.5. The van der Waals surface area contributed by atoms with Crippen LogP contribution in [0.2, 0.25) is 0 Å². The van der Waals surface area contributed by atoms with Crippen LogP contribution in [0.1, 0.15) is 17.5 Å². The Balaban J connectivity index is 1.82. The first-order chi connectivity index (χ1) is 13.6. The Morgan fingerprint density at radius 2 is 1.79 bits per heavy atom. The lowest BCUT2D eigenvalue weighted by Crippen LogP contribution is -2.31. The highest BCUT2D eigenvalue weighted by Crippen LogP contribution is 2.36. The van der Waals surface area contributed by atoms with Gasteiger partial charge in [0.1, 0.15) is 0 Å². The third-order valence-corrected chi connectivity index (χ3v) is 4.53. The van der Waals surface area contributed by atoms with Crippen molar-refractivity contribution in [3.63, 3.8) is 0 Å². The van der Waals surface area contributed by atoms with Crippen LogP contribution < -0.4 is 4.90 Å². The first-order valence-electron chi connectivity index (χ1n) is 8.72. The number of amides is 1. The van der Waals surface area contributed by atoms with Crippen LogP contribution in [-0.4, -0.2) is 21.5 Å². The lowest BCUT2D eigenvalue weighted by atomic mass is 10.1. The monoisotopic (exact) mass is 372 g/mol. The number of hydrogen-bond acceptors (Lipinski definition) is 5. The van der Waals surface area contributed by atoms with Crippen molar-refractivity contribution >= 4 is 28.7 Å². The fourth-order valence-electron chi connectivity index (χ4n) is 3.15. The summed E-state index contributed by atoms with van der Waals surface area (Å²) in [5.74, 6) is -0.119. The highest BCUT2D eigenvalue weighted by atomic mass is 16.6. The van der Waals surface area contributed by atoms with E-state index in [1.165, 1.54) is 12.1 Å². The van der Waals surface area contributed by atoms with E-state index in [4.69, 9.17) is 0 Å². The topological polar surface area (TPSA) is 88.7 Å². The standard InChI is InChI=1S/C21H16N4O3/c26-21-13-18(16-8-10-22-11-9-16)23-19-12-17(25(27)28)6-7-20(19)24(21)14-15-4-2-1-3-5-15/h1-12H,13-14H2. The van der Waals surface area contributed by atoms with E-state index in [0.717, 1.165) is 11.1 Å². The van der Waals surface area contributed by atoms with Crippen molar-refractivity contribution in [2.24, 2.45) is 4.99 Å². The first-order valence-corrected chi connectivity index (χ1v) is 8.72. The minimum Gasteiger partial charge on any atom is -0.306 e. The van der Waals surface area contributed by atoms with Crippen molar-refractivity contribution in [3.8, 4) is 0 Å². The summed E-state index contributed by atoms with van der Waals surface area (Å²) in [7, 11) is 0. The van der Waals surface area contributed by atoms with E-state index in [1.54, 1.807) is 35.5 Å². The number of nitro groups is 1. The minimum atomic E-state index is -0.462. The van der Waals surface area contributed by atoms with Gasteiger partial charge in [-0.3, -0.25) is 19.9 Å². The molecule has 3 aromatic rings. The molecule has 0 unspecified atom stereocenters. The zero-order valence-corrected chi connectivity index (χ0v) is 14.9. The molecule has 7 nitrogen and oxygen atoms in total. The van der Waals surface area contributed by atoms with Gasteiger partial charge in [0.25, 0.3) is 5.69 Å². The smallest absolute Gasteiger partial charge is 0.271 e. The van der Waals surface area contributed by atoms with Gasteiger partial charge in [-0.2, -0.15) is 0 Å². The molecule has 0 bridgehead atoms. The van der Waals surface area contributed by atoms with Crippen LogP contribution in [0.4, 0.5) is 17.1 Å². The Labute approximate surface area is 161 Å². The number of anilines is 1. The number of pyridine rings is 1. The van der Waals surface area contributed by atoms with Crippen molar-refractivity contribution in [2.75, 3.05) is 4.90 Å². The Hall–Kier alpha value is -3.87. The molecular weight excluding hydrogens is 356 g/mol. The second-order valence-corrected chi connectivity index (χ2v) is 6.37. The minimum absolute atomic E-state index is 0.0643. The molecule has 1 aliphatic rings. The van der Waals surface area contributed by atoms with E-state index >= 15 is 0 Å². The van der Waals surface area contributed by atoms with Crippen LogP contribution >= 0.6 is 0 Å². The van der Waals surface area contributed by atoms with Gasteiger partial charge in [0, 0.05) is 24.5 Å². The lowest BCUT2D eigenvalue weighted by molar-refractivity contribution is -0.384. The van der Waals surface area contributed by atoms with E-state index in [0.29, 0.717) is 23.6 Å². The molecule has 0 atom stereocenters. The third-order valence-electron chi connectivity index (χ3n) is 4.53. The predicted molar refractivity (Wildman–Crippen MR) is 106 cm³/mol. The summed E-state index contributed by atoms with van der Waals surface area (Å²) in [5.41, 5.74) is 3.19. The average molecular weight is 372 g/mol. The quantitative estimate of drug-likeness (QED) is 0.510. The number of carbonyl (C=O) groups is 1. The maximum absolute atomic E-state index is 13.1. The van der Waals surface area contributed by atoms with Crippen LogP contribution in [0.5, 0.6) is 0 Å². The largest absolute Gasteiger partial charge is 0.306 e. The van der Waals surface area contributed by atoms with Crippen LogP contribution in [0.3, 0.4) is 0 Å². The van der Waals surface area contributed by atoms with Crippen LogP contribution in [0.25, 0.3) is 0 Å². The van der Waals surface area contributed by atoms with E-state index in [2.05, 4.69) is 9.98 Å². The van der Waals surface area contributed by atoms with Crippen molar-refractivity contribution < 1.29 is 9.72 Å². The van der Waals surface area contributed by atoms with Crippen molar-refractivity contribution in [3.05, 3.63) is 94.3 Å². The normalized spacial score (nSPS) is 13.5. The van der Waals surface area contributed by atoms with E-state index in [9.17, 15) is 14.9 Å². The van der Waals surface area contributed by atoms with Gasteiger partial charge in [-0.05, 0) is 29.3 Å². The number of aromatic nitrogens is 1. The van der Waals surface area contributed by atoms with Gasteiger partial charge in [-0.1, -0.05) is 30.3 Å². The molecule has 0 saturated heterocycles. The van der Waals surface area contributed by atoms with Gasteiger partial charge >= 0.3 is 0 Å². The number of hydrogen-bond donors (Lipinski definition) is 0.